The van der Waals surface area contributed by atoms with Crippen LogP contribution in [-0.2, 0) is 9.59 Å². The summed E-state index contributed by atoms with van der Waals surface area (Å²) in [4.78, 5) is 19.4. The molecule has 4 nitrogen and oxygen atoms in total. The second-order valence-electron chi connectivity index (χ2n) is 4.34. The minimum Gasteiger partial charge on any atom is -0.399 e. The fourth-order valence-corrected chi connectivity index (χ4v) is 1.22. The van der Waals surface area contributed by atoms with Gasteiger partial charge in [0.25, 0.3) is 0 Å². The summed E-state index contributed by atoms with van der Waals surface area (Å²) in [6, 6.07) is 19.0. The van der Waals surface area contributed by atoms with E-state index in [1.807, 2.05) is 60.7 Å². The Morgan fingerprint density at radius 1 is 0.870 bits per heavy atom. The van der Waals surface area contributed by atoms with Gasteiger partial charge in [-0.05, 0) is 37.3 Å². The number of nitrogens with two attached hydrogens (primary N) is 2. The molecule has 124 valence electrons. The summed E-state index contributed by atoms with van der Waals surface area (Å²) >= 11 is 0. The number of allylic oxidation sites excluding steroid dienone is 2. The molecule has 5 heteroatoms. The summed E-state index contributed by atoms with van der Waals surface area (Å²) in [5, 5.41) is 0. The number of carbonyl (C=O) groups is 2. The molecule has 0 atom stereocenters. The summed E-state index contributed by atoms with van der Waals surface area (Å²) < 4.78 is 0. The normalized spacial score (nSPS) is 9.00. The molecule has 0 saturated heterocycles. The number of anilines is 2. The molecule has 0 spiro atoms. The third kappa shape index (κ3) is 15.8. The van der Waals surface area contributed by atoms with Crippen LogP contribution in [0.2, 0.25) is 0 Å². The van der Waals surface area contributed by atoms with Gasteiger partial charge >= 0.3 is 0 Å². The SMILES string of the molecule is Br.CC(=CC=O)CC=O.Nc1ccccc1.Nc1ccccc1. The van der Waals surface area contributed by atoms with Gasteiger partial charge in [-0.2, -0.15) is 0 Å². The highest BCUT2D eigenvalue weighted by Gasteiger charge is 1.82. The van der Waals surface area contributed by atoms with Crippen molar-refractivity contribution in [3.8, 4) is 0 Å². The van der Waals surface area contributed by atoms with Crippen molar-refractivity contribution < 1.29 is 9.59 Å². The maximum Gasteiger partial charge on any atom is 0.142 e. The van der Waals surface area contributed by atoms with Crippen LogP contribution in [0, 0.1) is 0 Å². The van der Waals surface area contributed by atoms with E-state index in [2.05, 4.69) is 0 Å². The lowest BCUT2D eigenvalue weighted by atomic mass is 10.2. The monoisotopic (exact) mass is 378 g/mol. The molecule has 0 aliphatic carbocycles. The molecule has 0 bridgehead atoms. The first kappa shape index (κ1) is 22.9. The highest BCUT2D eigenvalue weighted by atomic mass is 79.9. The number of carbonyl (C=O) groups excluding carboxylic acids is 2. The maximum absolute atomic E-state index is 9.73. The molecule has 0 fully saturated rings. The highest BCUT2D eigenvalue weighted by Crippen LogP contribution is 1.96. The van der Waals surface area contributed by atoms with Crippen molar-refractivity contribution in [2.75, 3.05) is 11.5 Å². The lowest BCUT2D eigenvalue weighted by Gasteiger charge is -1.83. The van der Waals surface area contributed by atoms with Crippen molar-refractivity contribution in [2.45, 2.75) is 13.3 Å². The Morgan fingerprint density at radius 3 is 1.48 bits per heavy atom. The molecule has 2 rings (SSSR count). The van der Waals surface area contributed by atoms with E-state index in [-0.39, 0.29) is 17.0 Å². The summed E-state index contributed by atoms with van der Waals surface area (Å²) in [7, 11) is 0. The van der Waals surface area contributed by atoms with E-state index >= 15 is 0 Å². The molecular formula is C18H23BrN2O2. The Labute approximate surface area is 148 Å². The molecule has 0 saturated carbocycles. The largest absolute Gasteiger partial charge is 0.399 e. The van der Waals surface area contributed by atoms with Crippen LogP contribution in [-0.4, -0.2) is 12.6 Å². The summed E-state index contributed by atoms with van der Waals surface area (Å²) in [6.45, 7) is 1.74. The van der Waals surface area contributed by atoms with E-state index in [0.717, 1.165) is 23.2 Å². The van der Waals surface area contributed by atoms with Crippen LogP contribution in [0.15, 0.2) is 72.3 Å². The Kier molecular flexibility index (Phi) is 15.9. The van der Waals surface area contributed by atoms with Gasteiger partial charge in [0.05, 0.1) is 0 Å². The van der Waals surface area contributed by atoms with Gasteiger partial charge in [0.1, 0.15) is 12.6 Å². The van der Waals surface area contributed by atoms with E-state index in [1.54, 1.807) is 6.92 Å². The van der Waals surface area contributed by atoms with E-state index in [9.17, 15) is 9.59 Å². The smallest absolute Gasteiger partial charge is 0.142 e. The summed E-state index contributed by atoms with van der Waals surface area (Å²) in [5.41, 5.74) is 13.2. The molecule has 0 radical (unpaired) electrons. The first-order valence-electron chi connectivity index (χ1n) is 6.75. The number of halogens is 1. The fourth-order valence-electron chi connectivity index (χ4n) is 1.22. The topological polar surface area (TPSA) is 86.2 Å². The van der Waals surface area contributed by atoms with Crippen molar-refractivity contribution in [1.82, 2.24) is 0 Å². The molecule has 0 unspecified atom stereocenters. The van der Waals surface area contributed by atoms with Crippen LogP contribution < -0.4 is 11.5 Å². The molecule has 2 aromatic rings. The van der Waals surface area contributed by atoms with E-state index < -0.39 is 0 Å². The quantitative estimate of drug-likeness (QED) is 0.482. The van der Waals surface area contributed by atoms with E-state index in [0.29, 0.717) is 12.7 Å². The molecule has 0 aromatic heterocycles. The molecule has 23 heavy (non-hydrogen) atoms. The number of nitrogen functional groups attached to an aromatic ring is 2. The van der Waals surface area contributed by atoms with Crippen LogP contribution in [0.1, 0.15) is 13.3 Å². The van der Waals surface area contributed by atoms with Gasteiger partial charge in [0.15, 0.2) is 0 Å². The van der Waals surface area contributed by atoms with Crippen molar-refractivity contribution >= 4 is 40.9 Å². The zero-order chi connectivity index (χ0) is 16.6. The van der Waals surface area contributed by atoms with Gasteiger partial charge in [-0.1, -0.05) is 42.0 Å². The minimum atomic E-state index is 0. The zero-order valence-electron chi connectivity index (χ0n) is 13.1. The number of benzene rings is 2. The van der Waals surface area contributed by atoms with Crippen molar-refractivity contribution in [3.63, 3.8) is 0 Å². The highest BCUT2D eigenvalue weighted by molar-refractivity contribution is 8.93. The average Bonchev–Trinajstić information content (AvgIpc) is 2.51. The van der Waals surface area contributed by atoms with Crippen molar-refractivity contribution in [2.24, 2.45) is 0 Å². The Bertz CT molecular complexity index is 520. The number of rotatable bonds is 3. The number of hydrogen-bond donors (Lipinski definition) is 2. The number of para-hydroxylation sites is 2. The number of hydrogen-bond acceptors (Lipinski definition) is 4. The first-order chi connectivity index (χ1) is 10.6. The van der Waals surface area contributed by atoms with Gasteiger partial charge in [0.2, 0.25) is 0 Å². The molecule has 2 aromatic carbocycles. The van der Waals surface area contributed by atoms with Crippen molar-refractivity contribution in [3.05, 3.63) is 72.3 Å². The van der Waals surface area contributed by atoms with Crippen molar-refractivity contribution in [1.29, 1.82) is 0 Å². The summed E-state index contributed by atoms with van der Waals surface area (Å²) in [6.07, 6.45) is 3.20. The van der Waals surface area contributed by atoms with E-state index in [4.69, 9.17) is 11.5 Å². The molecule has 4 N–H and O–H groups in total. The first-order valence-corrected chi connectivity index (χ1v) is 6.75. The van der Waals surface area contributed by atoms with Crippen LogP contribution in [0.25, 0.3) is 0 Å². The maximum atomic E-state index is 9.73. The zero-order valence-corrected chi connectivity index (χ0v) is 14.8. The molecular weight excluding hydrogens is 356 g/mol. The van der Waals surface area contributed by atoms with Crippen LogP contribution >= 0.6 is 17.0 Å². The lowest BCUT2D eigenvalue weighted by molar-refractivity contribution is -0.107. The third-order valence-corrected chi connectivity index (χ3v) is 2.36. The van der Waals surface area contributed by atoms with Gasteiger partial charge in [-0.25, -0.2) is 0 Å². The second-order valence-corrected chi connectivity index (χ2v) is 4.34. The average molecular weight is 379 g/mol. The number of aldehydes is 2. The van der Waals surface area contributed by atoms with Crippen LogP contribution in [0.5, 0.6) is 0 Å². The summed E-state index contributed by atoms with van der Waals surface area (Å²) in [5.74, 6) is 0. The predicted octanol–water partition coefficient (Wildman–Crippen LogP) is 3.84. The molecule has 0 heterocycles. The van der Waals surface area contributed by atoms with Gasteiger partial charge in [0, 0.05) is 17.8 Å². The lowest BCUT2D eigenvalue weighted by Crippen LogP contribution is -1.79. The van der Waals surface area contributed by atoms with Gasteiger partial charge in [-0.15, -0.1) is 17.0 Å². The fraction of sp³-hybridized carbons (Fsp3) is 0.111. The molecule has 0 amide bonds. The molecule has 0 aliphatic heterocycles. The predicted molar refractivity (Wildman–Crippen MR) is 103 cm³/mol. The van der Waals surface area contributed by atoms with Gasteiger partial charge in [-0.3, -0.25) is 4.79 Å². The second kappa shape index (κ2) is 16.0. The Balaban J connectivity index is 0. The standard InChI is InChI=1S/2C6H7N.C6H8O2.BrH/c2*7-6-4-2-1-3-5-6;1-6(2-4-7)3-5-8;/h2*1-5H,7H2;2,4-5H,3H2,1H3;1H. The van der Waals surface area contributed by atoms with Gasteiger partial charge < -0.3 is 16.3 Å². The molecule has 0 aliphatic rings. The third-order valence-electron chi connectivity index (χ3n) is 2.36. The Hall–Kier alpha value is -2.40. The van der Waals surface area contributed by atoms with Crippen LogP contribution in [0.3, 0.4) is 0 Å². The van der Waals surface area contributed by atoms with Crippen LogP contribution in [0.4, 0.5) is 11.4 Å². The van der Waals surface area contributed by atoms with E-state index in [1.165, 1.54) is 6.08 Å². The minimum absolute atomic E-state index is 0. The Morgan fingerprint density at radius 2 is 1.26 bits per heavy atom.